The minimum Gasteiger partial charge on any atom is -0.508 e. The van der Waals surface area contributed by atoms with E-state index in [1.807, 2.05) is 4.90 Å². The summed E-state index contributed by atoms with van der Waals surface area (Å²) in [4.78, 5) is 14.7. The van der Waals surface area contributed by atoms with Crippen molar-refractivity contribution < 1.29 is 23.4 Å². The number of likely N-dealkylation sites (tertiary alicyclic amines) is 1. The number of carbonyl (C=O) groups is 1. The van der Waals surface area contributed by atoms with Gasteiger partial charge in [-0.15, -0.1) is 0 Å². The fourth-order valence-electron chi connectivity index (χ4n) is 3.38. The number of halogens is 2. The van der Waals surface area contributed by atoms with Gasteiger partial charge in [-0.1, -0.05) is 0 Å². The summed E-state index contributed by atoms with van der Waals surface area (Å²) in [5.41, 5.74) is 0.510. The number of hydrogen-bond donors (Lipinski definition) is 1. The highest BCUT2D eigenvalue weighted by Crippen LogP contribution is 2.28. The Morgan fingerprint density at radius 3 is 2.85 bits per heavy atom. The number of piperidine rings is 1. The van der Waals surface area contributed by atoms with Gasteiger partial charge in [0.15, 0.2) is 5.78 Å². The SMILES string of the molecule is COc1ccc(O)c(CN2CCCC(C(=O)c3cc(F)ccc3F)C2)c1. The molecular weight excluding hydrogens is 340 g/mol. The van der Waals surface area contributed by atoms with Crippen molar-refractivity contribution in [2.75, 3.05) is 20.2 Å². The number of rotatable bonds is 5. The summed E-state index contributed by atoms with van der Waals surface area (Å²) in [6, 6.07) is 7.96. The van der Waals surface area contributed by atoms with Gasteiger partial charge < -0.3 is 9.84 Å². The third-order valence-corrected chi connectivity index (χ3v) is 4.75. The van der Waals surface area contributed by atoms with Crippen molar-refractivity contribution in [3.05, 3.63) is 59.2 Å². The number of carbonyl (C=O) groups excluding carboxylic acids is 1. The lowest BCUT2D eigenvalue weighted by Crippen LogP contribution is -2.38. The fourth-order valence-corrected chi connectivity index (χ4v) is 3.38. The Labute approximate surface area is 151 Å². The third-order valence-electron chi connectivity index (χ3n) is 4.75. The number of nitrogens with zero attached hydrogens (tertiary/aromatic N) is 1. The van der Waals surface area contributed by atoms with E-state index in [2.05, 4.69) is 0 Å². The first-order valence-corrected chi connectivity index (χ1v) is 8.55. The molecule has 138 valence electrons. The monoisotopic (exact) mass is 361 g/mol. The van der Waals surface area contributed by atoms with Crippen LogP contribution in [0.1, 0.15) is 28.8 Å². The lowest BCUT2D eigenvalue weighted by atomic mass is 9.89. The van der Waals surface area contributed by atoms with Gasteiger partial charge >= 0.3 is 0 Å². The Hall–Kier alpha value is -2.47. The van der Waals surface area contributed by atoms with Crippen LogP contribution in [0, 0.1) is 17.6 Å². The quantitative estimate of drug-likeness (QED) is 0.824. The van der Waals surface area contributed by atoms with E-state index in [9.17, 15) is 18.7 Å². The number of phenols is 1. The van der Waals surface area contributed by atoms with Crippen LogP contribution in [0.4, 0.5) is 8.78 Å². The molecule has 1 saturated heterocycles. The highest BCUT2D eigenvalue weighted by Gasteiger charge is 2.28. The number of ketones is 1. The summed E-state index contributed by atoms with van der Waals surface area (Å²) in [7, 11) is 1.55. The third kappa shape index (κ3) is 4.02. The number of methoxy groups -OCH3 is 1. The zero-order valence-corrected chi connectivity index (χ0v) is 14.5. The molecular formula is C20H21F2NO3. The Balaban J connectivity index is 1.73. The summed E-state index contributed by atoms with van der Waals surface area (Å²) in [5, 5.41) is 10.0. The molecule has 2 aromatic rings. The summed E-state index contributed by atoms with van der Waals surface area (Å²) >= 11 is 0. The summed E-state index contributed by atoms with van der Waals surface area (Å²) in [6.45, 7) is 1.66. The van der Waals surface area contributed by atoms with Crippen molar-refractivity contribution in [3.8, 4) is 11.5 Å². The van der Waals surface area contributed by atoms with Crippen molar-refractivity contribution in [1.29, 1.82) is 0 Å². The minimum atomic E-state index is -0.695. The smallest absolute Gasteiger partial charge is 0.170 e. The maximum atomic E-state index is 13.9. The lowest BCUT2D eigenvalue weighted by molar-refractivity contribution is 0.0806. The van der Waals surface area contributed by atoms with E-state index in [-0.39, 0.29) is 17.1 Å². The molecule has 1 atom stereocenters. The van der Waals surface area contributed by atoms with Gasteiger partial charge in [-0.3, -0.25) is 9.69 Å². The van der Waals surface area contributed by atoms with Crippen LogP contribution in [0.2, 0.25) is 0 Å². The normalized spacial score (nSPS) is 17.9. The zero-order chi connectivity index (χ0) is 18.7. The first kappa shape index (κ1) is 18.3. The zero-order valence-electron chi connectivity index (χ0n) is 14.5. The summed E-state index contributed by atoms with van der Waals surface area (Å²) in [6.07, 6.45) is 1.41. The van der Waals surface area contributed by atoms with E-state index in [1.165, 1.54) is 0 Å². The molecule has 1 N–H and O–H groups in total. The molecule has 26 heavy (non-hydrogen) atoms. The van der Waals surface area contributed by atoms with Crippen LogP contribution in [0.25, 0.3) is 0 Å². The second kappa shape index (κ2) is 7.83. The van der Waals surface area contributed by atoms with Crippen molar-refractivity contribution in [3.63, 3.8) is 0 Å². The Morgan fingerprint density at radius 2 is 2.08 bits per heavy atom. The first-order valence-electron chi connectivity index (χ1n) is 8.55. The maximum Gasteiger partial charge on any atom is 0.170 e. The van der Waals surface area contributed by atoms with E-state index in [1.54, 1.807) is 25.3 Å². The van der Waals surface area contributed by atoms with E-state index in [0.717, 1.165) is 31.2 Å². The second-order valence-electron chi connectivity index (χ2n) is 6.56. The van der Waals surface area contributed by atoms with Gasteiger partial charge in [-0.2, -0.15) is 0 Å². The molecule has 0 saturated carbocycles. The molecule has 1 fully saturated rings. The molecule has 1 unspecified atom stereocenters. The van der Waals surface area contributed by atoms with Crippen LogP contribution >= 0.6 is 0 Å². The lowest BCUT2D eigenvalue weighted by Gasteiger charge is -2.32. The number of phenolic OH excluding ortho intramolecular Hbond substituents is 1. The van der Waals surface area contributed by atoms with Gasteiger partial charge in [0.05, 0.1) is 12.7 Å². The molecule has 0 spiro atoms. The summed E-state index contributed by atoms with van der Waals surface area (Å²) < 4.78 is 32.5. The largest absolute Gasteiger partial charge is 0.508 e. The molecule has 1 heterocycles. The van der Waals surface area contributed by atoms with E-state index in [0.29, 0.717) is 30.8 Å². The Morgan fingerprint density at radius 1 is 1.27 bits per heavy atom. The van der Waals surface area contributed by atoms with Gasteiger partial charge in [0.25, 0.3) is 0 Å². The number of benzene rings is 2. The van der Waals surface area contributed by atoms with E-state index in [4.69, 9.17) is 4.74 Å². The predicted molar refractivity (Wildman–Crippen MR) is 93.3 cm³/mol. The molecule has 3 rings (SSSR count). The average Bonchev–Trinajstić information content (AvgIpc) is 2.65. The Bertz CT molecular complexity index is 810. The van der Waals surface area contributed by atoms with Crippen LogP contribution in [0.15, 0.2) is 36.4 Å². The van der Waals surface area contributed by atoms with Crippen LogP contribution < -0.4 is 4.74 Å². The molecule has 1 aliphatic rings. The topological polar surface area (TPSA) is 49.8 Å². The van der Waals surface area contributed by atoms with E-state index >= 15 is 0 Å². The maximum absolute atomic E-state index is 13.9. The van der Waals surface area contributed by atoms with Crippen LogP contribution in [-0.4, -0.2) is 36.0 Å². The molecule has 0 radical (unpaired) electrons. The molecule has 0 aromatic heterocycles. The van der Waals surface area contributed by atoms with Gasteiger partial charge in [-0.05, 0) is 55.8 Å². The Kier molecular flexibility index (Phi) is 5.52. The van der Waals surface area contributed by atoms with Crippen molar-refractivity contribution in [1.82, 2.24) is 4.90 Å². The van der Waals surface area contributed by atoms with Gasteiger partial charge in [0.1, 0.15) is 23.1 Å². The van der Waals surface area contributed by atoms with Crippen molar-refractivity contribution >= 4 is 5.78 Å². The van der Waals surface area contributed by atoms with Gasteiger partial charge in [0.2, 0.25) is 0 Å². The second-order valence-corrected chi connectivity index (χ2v) is 6.56. The number of Topliss-reactive ketones (excluding diaryl/α,β-unsaturated/α-hetero) is 1. The molecule has 0 aliphatic carbocycles. The number of aromatic hydroxyl groups is 1. The van der Waals surface area contributed by atoms with Crippen LogP contribution in [0.3, 0.4) is 0 Å². The highest BCUT2D eigenvalue weighted by molar-refractivity contribution is 5.98. The molecule has 6 heteroatoms. The molecule has 0 amide bonds. The standard InChI is InChI=1S/C20H21F2NO3/c1-26-16-5-7-19(24)14(9-16)12-23-8-2-3-13(11-23)20(25)17-10-15(21)4-6-18(17)22/h4-7,9-10,13,24H,2-3,8,11-12H2,1H3. The van der Waals surface area contributed by atoms with Crippen molar-refractivity contribution in [2.24, 2.45) is 5.92 Å². The minimum absolute atomic E-state index is 0.162. The molecule has 0 bridgehead atoms. The summed E-state index contributed by atoms with van der Waals surface area (Å²) in [5.74, 6) is -1.28. The molecule has 2 aromatic carbocycles. The fraction of sp³-hybridized carbons (Fsp3) is 0.350. The van der Waals surface area contributed by atoms with Crippen molar-refractivity contribution in [2.45, 2.75) is 19.4 Å². The van der Waals surface area contributed by atoms with Gasteiger partial charge in [-0.25, -0.2) is 8.78 Å². The molecule has 1 aliphatic heterocycles. The highest BCUT2D eigenvalue weighted by atomic mass is 19.1. The van der Waals surface area contributed by atoms with Crippen LogP contribution in [0.5, 0.6) is 11.5 Å². The van der Waals surface area contributed by atoms with E-state index < -0.39 is 17.6 Å². The molecule has 4 nitrogen and oxygen atoms in total. The predicted octanol–water partition coefficient (Wildman–Crippen LogP) is 3.77. The first-order chi connectivity index (χ1) is 12.5. The van der Waals surface area contributed by atoms with Crippen LogP contribution in [-0.2, 0) is 6.54 Å². The van der Waals surface area contributed by atoms with Gasteiger partial charge in [0, 0.05) is 24.6 Å². The number of hydrogen-bond acceptors (Lipinski definition) is 4. The average molecular weight is 361 g/mol. The number of ether oxygens (including phenoxy) is 1.